The van der Waals surface area contributed by atoms with Gasteiger partial charge in [0.2, 0.25) is 0 Å². The second-order valence-electron chi connectivity index (χ2n) is 6.93. The summed E-state index contributed by atoms with van der Waals surface area (Å²) in [6, 6.07) is 0. The minimum atomic E-state index is -0.467. The lowest BCUT2D eigenvalue weighted by atomic mass is 10.2. The van der Waals surface area contributed by atoms with Crippen LogP contribution in [0.25, 0.3) is 0 Å². The molecule has 0 aliphatic carbocycles. The summed E-state index contributed by atoms with van der Waals surface area (Å²) in [5.74, 6) is -0.305. The SMILES string of the molecule is CCC=CCC=CCC=CCC=CCC=CCCCCOC(CC)C(=O)OCCN. The van der Waals surface area contributed by atoms with Gasteiger partial charge in [-0.3, -0.25) is 0 Å². The highest BCUT2D eigenvalue weighted by molar-refractivity contribution is 5.74. The number of hydrogen-bond donors (Lipinski definition) is 1. The van der Waals surface area contributed by atoms with Crippen molar-refractivity contribution in [1.82, 2.24) is 0 Å². The zero-order valence-corrected chi connectivity index (χ0v) is 19.1. The van der Waals surface area contributed by atoms with Crippen molar-refractivity contribution in [3.05, 3.63) is 60.8 Å². The van der Waals surface area contributed by atoms with Crippen LogP contribution in [0.3, 0.4) is 0 Å². The Hall–Kier alpha value is -1.91. The van der Waals surface area contributed by atoms with E-state index >= 15 is 0 Å². The molecule has 0 aromatic rings. The van der Waals surface area contributed by atoms with Crippen molar-refractivity contribution in [3.63, 3.8) is 0 Å². The first kappa shape index (κ1) is 28.1. The summed E-state index contributed by atoms with van der Waals surface area (Å²) in [7, 11) is 0. The number of carbonyl (C=O) groups is 1. The van der Waals surface area contributed by atoms with Gasteiger partial charge in [-0.15, -0.1) is 0 Å². The van der Waals surface area contributed by atoms with Crippen molar-refractivity contribution in [2.45, 2.75) is 77.7 Å². The summed E-state index contributed by atoms with van der Waals surface area (Å²) in [5, 5.41) is 0. The Morgan fingerprint density at radius 1 is 0.767 bits per heavy atom. The second-order valence-corrected chi connectivity index (χ2v) is 6.93. The van der Waals surface area contributed by atoms with Gasteiger partial charge in [0, 0.05) is 13.2 Å². The highest BCUT2D eigenvalue weighted by Gasteiger charge is 2.17. The van der Waals surface area contributed by atoms with Gasteiger partial charge in [0.05, 0.1) is 0 Å². The summed E-state index contributed by atoms with van der Waals surface area (Å²) in [5.41, 5.74) is 5.33. The van der Waals surface area contributed by atoms with Gasteiger partial charge in [-0.2, -0.15) is 0 Å². The van der Waals surface area contributed by atoms with Crippen LogP contribution in [0.15, 0.2) is 60.8 Å². The van der Waals surface area contributed by atoms with Gasteiger partial charge < -0.3 is 15.2 Å². The van der Waals surface area contributed by atoms with Gasteiger partial charge in [-0.25, -0.2) is 4.79 Å². The van der Waals surface area contributed by atoms with E-state index in [0.717, 1.165) is 51.4 Å². The fraction of sp³-hybridized carbons (Fsp3) is 0.577. The van der Waals surface area contributed by atoms with Crippen molar-refractivity contribution < 1.29 is 14.3 Å². The molecule has 0 amide bonds. The molecule has 0 bridgehead atoms. The van der Waals surface area contributed by atoms with Gasteiger partial charge in [-0.05, 0) is 57.8 Å². The molecular formula is C26H43NO3. The highest BCUT2D eigenvalue weighted by atomic mass is 16.6. The molecule has 0 aromatic heterocycles. The maximum atomic E-state index is 11.7. The lowest BCUT2D eigenvalue weighted by Crippen LogP contribution is -2.28. The van der Waals surface area contributed by atoms with E-state index in [0.29, 0.717) is 19.6 Å². The molecule has 30 heavy (non-hydrogen) atoms. The number of ether oxygens (including phenoxy) is 2. The summed E-state index contributed by atoms with van der Waals surface area (Å²) in [6.45, 7) is 5.25. The summed E-state index contributed by atoms with van der Waals surface area (Å²) < 4.78 is 10.6. The third-order valence-corrected chi connectivity index (χ3v) is 4.24. The van der Waals surface area contributed by atoms with Crippen molar-refractivity contribution in [2.75, 3.05) is 19.8 Å². The standard InChI is InChI=1S/C26H43NO3/c1-3-5-6-7-8-9-10-11-12-13-14-15-16-17-18-19-20-21-23-29-25(4-2)26(28)30-24-22-27/h5-6,8-9,11-12,14-15,17-18,25H,3-4,7,10,13,16,19-24,27H2,1-2H3. The normalized spacial score (nSPS) is 13.6. The average Bonchev–Trinajstić information content (AvgIpc) is 2.76. The molecule has 170 valence electrons. The molecule has 0 spiro atoms. The van der Waals surface area contributed by atoms with E-state index in [-0.39, 0.29) is 12.6 Å². The van der Waals surface area contributed by atoms with Gasteiger partial charge in [-0.1, -0.05) is 74.6 Å². The fourth-order valence-electron chi connectivity index (χ4n) is 2.56. The van der Waals surface area contributed by atoms with Crippen LogP contribution >= 0.6 is 0 Å². The number of allylic oxidation sites excluding steroid dienone is 10. The van der Waals surface area contributed by atoms with Crippen molar-refractivity contribution in [3.8, 4) is 0 Å². The number of nitrogens with two attached hydrogens (primary N) is 1. The molecule has 0 saturated carbocycles. The zero-order valence-electron chi connectivity index (χ0n) is 19.1. The molecule has 0 heterocycles. The van der Waals surface area contributed by atoms with E-state index < -0.39 is 6.10 Å². The van der Waals surface area contributed by atoms with Crippen LogP contribution in [0.5, 0.6) is 0 Å². The third kappa shape index (κ3) is 19.4. The molecule has 0 aliphatic heterocycles. The summed E-state index contributed by atoms with van der Waals surface area (Å²) in [4.78, 5) is 11.7. The molecule has 1 atom stereocenters. The fourth-order valence-corrected chi connectivity index (χ4v) is 2.56. The molecule has 0 rings (SSSR count). The Bertz CT molecular complexity index is 532. The third-order valence-electron chi connectivity index (χ3n) is 4.24. The van der Waals surface area contributed by atoms with Crippen molar-refractivity contribution in [2.24, 2.45) is 5.73 Å². The maximum Gasteiger partial charge on any atom is 0.335 e. The molecular weight excluding hydrogens is 374 g/mol. The van der Waals surface area contributed by atoms with Crippen LogP contribution in [0, 0.1) is 0 Å². The Morgan fingerprint density at radius 2 is 1.30 bits per heavy atom. The average molecular weight is 418 g/mol. The van der Waals surface area contributed by atoms with Crippen molar-refractivity contribution in [1.29, 1.82) is 0 Å². The molecule has 0 saturated heterocycles. The monoisotopic (exact) mass is 417 g/mol. The molecule has 0 fully saturated rings. The van der Waals surface area contributed by atoms with Gasteiger partial charge in [0.1, 0.15) is 6.61 Å². The molecule has 0 aliphatic rings. The van der Waals surface area contributed by atoms with E-state index in [1.165, 1.54) is 0 Å². The Labute approximate surface area is 184 Å². The predicted octanol–water partition coefficient (Wildman–Crippen LogP) is 6.21. The number of unbranched alkanes of at least 4 members (excludes halogenated alkanes) is 2. The minimum absolute atomic E-state index is 0.253. The predicted molar refractivity (Wildman–Crippen MR) is 128 cm³/mol. The van der Waals surface area contributed by atoms with E-state index in [2.05, 4.69) is 67.7 Å². The largest absolute Gasteiger partial charge is 0.462 e. The first-order chi connectivity index (χ1) is 14.8. The topological polar surface area (TPSA) is 61.5 Å². The van der Waals surface area contributed by atoms with Crippen LogP contribution in [0.4, 0.5) is 0 Å². The second kappa shape index (κ2) is 23.4. The molecule has 4 nitrogen and oxygen atoms in total. The Balaban J connectivity index is 3.60. The van der Waals surface area contributed by atoms with Gasteiger partial charge in [0.25, 0.3) is 0 Å². The van der Waals surface area contributed by atoms with Crippen molar-refractivity contribution >= 4 is 5.97 Å². The Morgan fingerprint density at radius 3 is 1.80 bits per heavy atom. The van der Waals surface area contributed by atoms with Gasteiger partial charge >= 0.3 is 5.97 Å². The zero-order chi connectivity index (χ0) is 22.1. The summed E-state index contributed by atoms with van der Waals surface area (Å²) in [6.07, 6.45) is 30.4. The van der Waals surface area contributed by atoms with E-state index in [9.17, 15) is 4.79 Å². The molecule has 2 N–H and O–H groups in total. The highest BCUT2D eigenvalue weighted by Crippen LogP contribution is 2.05. The first-order valence-electron chi connectivity index (χ1n) is 11.5. The van der Waals surface area contributed by atoms with Crippen LogP contribution in [-0.4, -0.2) is 31.8 Å². The van der Waals surface area contributed by atoms with Crippen LogP contribution in [0.1, 0.15) is 71.6 Å². The molecule has 1 unspecified atom stereocenters. The number of esters is 1. The first-order valence-corrected chi connectivity index (χ1v) is 11.5. The number of hydrogen-bond acceptors (Lipinski definition) is 4. The van der Waals surface area contributed by atoms with E-state index in [4.69, 9.17) is 15.2 Å². The summed E-state index contributed by atoms with van der Waals surface area (Å²) >= 11 is 0. The molecule has 0 aromatic carbocycles. The maximum absolute atomic E-state index is 11.7. The lowest BCUT2D eigenvalue weighted by Gasteiger charge is -2.14. The van der Waals surface area contributed by atoms with Crippen LogP contribution in [-0.2, 0) is 14.3 Å². The smallest absolute Gasteiger partial charge is 0.335 e. The van der Waals surface area contributed by atoms with Crippen LogP contribution < -0.4 is 5.73 Å². The number of carbonyl (C=O) groups excluding carboxylic acids is 1. The molecule has 4 heteroatoms. The van der Waals surface area contributed by atoms with E-state index in [1.54, 1.807) is 0 Å². The lowest BCUT2D eigenvalue weighted by molar-refractivity contribution is -0.157. The van der Waals surface area contributed by atoms with Gasteiger partial charge in [0.15, 0.2) is 6.10 Å². The van der Waals surface area contributed by atoms with E-state index in [1.807, 2.05) is 6.92 Å². The number of rotatable bonds is 19. The minimum Gasteiger partial charge on any atom is -0.462 e. The quantitative estimate of drug-likeness (QED) is 0.154. The Kier molecular flexibility index (Phi) is 21.9. The van der Waals surface area contributed by atoms with Crippen LogP contribution in [0.2, 0.25) is 0 Å². The molecule has 0 radical (unpaired) electrons.